The quantitative estimate of drug-likeness (QED) is 0.400. The van der Waals surface area contributed by atoms with Gasteiger partial charge in [-0.15, -0.1) is 24.0 Å². The van der Waals surface area contributed by atoms with E-state index in [-0.39, 0.29) is 35.8 Å². The molecular weight excluding hydrogens is 319 g/mol. The molecule has 0 spiro atoms. The van der Waals surface area contributed by atoms with Gasteiger partial charge in [0.25, 0.3) is 0 Å². The lowest BCUT2D eigenvalue weighted by Gasteiger charge is -2.22. The molecule has 0 radical (unpaired) electrons. The Balaban J connectivity index is 0.00000225. The maximum atomic E-state index is 11.4. The Labute approximate surface area is 113 Å². The Morgan fingerprint density at radius 1 is 1.25 bits per heavy atom. The number of rotatable bonds is 4. The zero-order chi connectivity index (χ0) is 11.1. The lowest BCUT2D eigenvalue weighted by molar-refractivity contribution is -0.121. The van der Waals surface area contributed by atoms with Gasteiger partial charge in [-0.1, -0.05) is 19.3 Å². The van der Waals surface area contributed by atoms with Crippen molar-refractivity contribution in [1.82, 2.24) is 5.32 Å². The molecule has 5 N–H and O–H groups in total. The van der Waals surface area contributed by atoms with Crippen molar-refractivity contribution in [3.8, 4) is 0 Å². The molecule has 0 bridgehead atoms. The summed E-state index contributed by atoms with van der Waals surface area (Å²) in [5.74, 6) is 0.0902. The summed E-state index contributed by atoms with van der Waals surface area (Å²) in [7, 11) is 0. The topological polar surface area (TPSA) is 93.5 Å². The second-order valence-electron chi connectivity index (χ2n) is 3.96. The number of halogens is 1. The summed E-state index contributed by atoms with van der Waals surface area (Å²) in [6, 6.07) is 0.366. The van der Waals surface area contributed by atoms with Gasteiger partial charge in [-0.25, -0.2) is 0 Å². The molecule has 0 aliphatic heterocycles. The maximum absolute atomic E-state index is 11.4. The Kier molecular flexibility index (Phi) is 8.32. The van der Waals surface area contributed by atoms with Gasteiger partial charge in [-0.2, -0.15) is 0 Å². The number of hydrogen-bond donors (Lipinski definition) is 3. The average molecular weight is 340 g/mol. The van der Waals surface area contributed by atoms with E-state index >= 15 is 0 Å². The summed E-state index contributed by atoms with van der Waals surface area (Å²) < 4.78 is 0. The SMILES string of the molecule is I.NC(N)=NCCC(=O)NC1CCCCC1. The van der Waals surface area contributed by atoms with Gasteiger partial charge in [-0.3, -0.25) is 9.79 Å². The number of hydrogen-bond acceptors (Lipinski definition) is 2. The van der Waals surface area contributed by atoms with Crippen LogP contribution in [-0.4, -0.2) is 24.5 Å². The van der Waals surface area contributed by atoms with E-state index in [1.165, 1.54) is 19.3 Å². The molecular formula is C10H21IN4O. The zero-order valence-corrected chi connectivity index (χ0v) is 11.8. The fourth-order valence-electron chi connectivity index (χ4n) is 1.83. The number of aliphatic imine (C=N–C) groups is 1. The smallest absolute Gasteiger partial charge is 0.222 e. The molecule has 0 aromatic heterocycles. The maximum Gasteiger partial charge on any atom is 0.222 e. The zero-order valence-electron chi connectivity index (χ0n) is 9.45. The van der Waals surface area contributed by atoms with E-state index in [9.17, 15) is 4.79 Å². The summed E-state index contributed by atoms with van der Waals surface area (Å²) in [4.78, 5) is 15.2. The number of carbonyl (C=O) groups is 1. The summed E-state index contributed by atoms with van der Waals surface area (Å²) >= 11 is 0. The molecule has 0 saturated heterocycles. The molecule has 16 heavy (non-hydrogen) atoms. The van der Waals surface area contributed by atoms with Crippen molar-refractivity contribution in [1.29, 1.82) is 0 Å². The average Bonchev–Trinajstić information content (AvgIpc) is 2.18. The first-order chi connectivity index (χ1) is 7.18. The fourth-order valence-corrected chi connectivity index (χ4v) is 1.83. The minimum Gasteiger partial charge on any atom is -0.370 e. The Hall–Kier alpha value is -0.530. The molecule has 0 atom stereocenters. The van der Waals surface area contributed by atoms with Crippen LogP contribution in [0.25, 0.3) is 0 Å². The molecule has 1 saturated carbocycles. The van der Waals surface area contributed by atoms with Gasteiger partial charge in [0.2, 0.25) is 5.91 Å². The van der Waals surface area contributed by atoms with Crippen LogP contribution in [0, 0.1) is 0 Å². The van der Waals surface area contributed by atoms with Crippen LogP contribution in [0.2, 0.25) is 0 Å². The van der Waals surface area contributed by atoms with Crippen LogP contribution in [0.1, 0.15) is 38.5 Å². The van der Waals surface area contributed by atoms with Crippen LogP contribution < -0.4 is 16.8 Å². The molecule has 1 fully saturated rings. The van der Waals surface area contributed by atoms with E-state index in [4.69, 9.17) is 11.5 Å². The van der Waals surface area contributed by atoms with Crippen molar-refractivity contribution < 1.29 is 4.79 Å². The Morgan fingerprint density at radius 2 is 1.88 bits per heavy atom. The van der Waals surface area contributed by atoms with Crippen LogP contribution in [-0.2, 0) is 4.79 Å². The number of carbonyl (C=O) groups excluding carboxylic acids is 1. The van der Waals surface area contributed by atoms with Gasteiger partial charge in [-0.05, 0) is 12.8 Å². The largest absolute Gasteiger partial charge is 0.370 e. The van der Waals surface area contributed by atoms with E-state index < -0.39 is 0 Å². The van der Waals surface area contributed by atoms with Crippen LogP contribution >= 0.6 is 24.0 Å². The minimum absolute atomic E-state index is 0. The second-order valence-corrected chi connectivity index (χ2v) is 3.96. The van der Waals surface area contributed by atoms with Gasteiger partial charge in [0, 0.05) is 12.5 Å². The normalized spacial score (nSPS) is 16.0. The van der Waals surface area contributed by atoms with Gasteiger partial charge in [0.15, 0.2) is 5.96 Å². The molecule has 6 heteroatoms. The highest BCUT2D eigenvalue weighted by Gasteiger charge is 2.14. The van der Waals surface area contributed by atoms with E-state index in [1.54, 1.807) is 0 Å². The van der Waals surface area contributed by atoms with Crippen molar-refractivity contribution in [2.75, 3.05) is 6.54 Å². The summed E-state index contributed by atoms with van der Waals surface area (Å²) in [6.07, 6.45) is 6.31. The number of nitrogens with zero attached hydrogens (tertiary/aromatic N) is 1. The van der Waals surface area contributed by atoms with Crippen molar-refractivity contribution in [3.05, 3.63) is 0 Å². The highest BCUT2D eigenvalue weighted by molar-refractivity contribution is 14.0. The molecule has 1 aliphatic rings. The van der Waals surface area contributed by atoms with Gasteiger partial charge in [0.1, 0.15) is 0 Å². The van der Waals surface area contributed by atoms with Crippen LogP contribution in [0.4, 0.5) is 0 Å². The highest BCUT2D eigenvalue weighted by Crippen LogP contribution is 2.17. The van der Waals surface area contributed by atoms with Crippen LogP contribution in [0.5, 0.6) is 0 Å². The first kappa shape index (κ1) is 15.5. The number of nitrogens with one attached hydrogen (secondary N) is 1. The predicted molar refractivity (Wildman–Crippen MR) is 75.7 cm³/mol. The van der Waals surface area contributed by atoms with E-state index in [2.05, 4.69) is 10.3 Å². The molecule has 1 rings (SSSR count). The third-order valence-electron chi connectivity index (χ3n) is 2.60. The first-order valence-corrected chi connectivity index (χ1v) is 5.53. The number of amides is 1. The van der Waals surface area contributed by atoms with Crippen LogP contribution in [0.3, 0.4) is 0 Å². The molecule has 0 heterocycles. The summed E-state index contributed by atoms with van der Waals surface area (Å²) in [6.45, 7) is 0.376. The minimum atomic E-state index is 0. The third kappa shape index (κ3) is 6.86. The Bertz CT molecular complexity index is 235. The molecule has 0 unspecified atom stereocenters. The van der Waals surface area contributed by atoms with E-state index in [0.29, 0.717) is 19.0 Å². The lowest BCUT2D eigenvalue weighted by atomic mass is 9.95. The Morgan fingerprint density at radius 3 is 2.44 bits per heavy atom. The number of guanidine groups is 1. The second kappa shape index (κ2) is 8.60. The van der Waals surface area contributed by atoms with E-state index in [1.807, 2.05) is 0 Å². The molecule has 5 nitrogen and oxygen atoms in total. The number of nitrogens with two attached hydrogens (primary N) is 2. The molecule has 1 aliphatic carbocycles. The fraction of sp³-hybridized carbons (Fsp3) is 0.800. The third-order valence-corrected chi connectivity index (χ3v) is 2.60. The summed E-state index contributed by atoms with van der Waals surface area (Å²) in [5, 5.41) is 3.00. The summed E-state index contributed by atoms with van der Waals surface area (Å²) in [5.41, 5.74) is 10.3. The van der Waals surface area contributed by atoms with Gasteiger partial charge in [0.05, 0.1) is 6.54 Å². The first-order valence-electron chi connectivity index (χ1n) is 5.53. The lowest BCUT2D eigenvalue weighted by Crippen LogP contribution is -2.36. The molecule has 94 valence electrons. The standard InChI is InChI=1S/C10H20N4O.HI/c11-10(12)13-7-6-9(15)14-8-4-2-1-3-5-8;/h8H,1-7H2,(H,14,15)(H4,11,12,13);1H. The van der Waals surface area contributed by atoms with Gasteiger partial charge >= 0.3 is 0 Å². The predicted octanol–water partition coefficient (Wildman–Crippen LogP) is 0.717. The molecule has 0 aromatic rings. The molecule has 0 aromatic carbocycles. The monoisotopic (exact) mass is 340 g/mol. The molecule has 1 amide bonds. The van der Waals surface area contributed by atoms with Crippen molar-refractivity contribution in [2.45, 2.75) is 44.6 Å². The van der Waals surface area contributed by atoms with Crippen molar-refractivity contribution >= 4 is 35.8 Å². The van der Waals surface area contributed by atoms with Crippen molar-refractivity contribution in [2.24, 2.45) is 16.5 Å². The van der Waals surface area contributed by atoms with Crippen LogP contribution in [0.15, 0.2) is 4.99 Å². The van der Waals surface area contributed by atoms with E-state index in [0.717, 1.165) is 12.8 Å². The van der Waals surface area contributed by atoms with Crippen molar-refractivity contribution in [3.63, 3.8) is 0 Å². The highest BCUT2D eigenvalue weighted by atomic mass is 127. The van der Waals surface area contributed by atoms with Gasteiger partial charge < -0.3 is 16.8 Å².